The smallest absolute Gasteiger partial charge is 0.281 e. The first-order chi connectivity index (χ1) is 11.0. The van der Waals surface area contributed by atoms with E-state index in [-0.39, 0.29) is 29.4 Å². The van der Waals surface area contributed by atoms with E-state index < -0.39 is 10.8 Å². The Hall–Kier alpha value is -2.94. The highest BCUT2D eigenvalue weighted by Gasteiger charge is 2.16. The Bertz CT molecular complexity index is 743. The number of aromatic hydroxyl groups is 1. The topological polar surface area (TPSA) is 114 Å². The molecule has 1 heterocycles. The summed E-state index contributed by atoms with van der Waals surface area (Å²) in [5.41, 5.74) is 2.09. The number of thiophene rings is 1. The van der Waals surface area contributed by atoms with Crippen LogP contribution in [0.2, 0.25) is 0 Å². The summed E-state index contributed by atoms with van der Waals surface area (Å²) in [6.45, 7) is 1.92. The van der Waals surface area contributed by atoms with Crippen LogP contribution in [0.5, 0.6) is 11.5 Å². The number of benzene rings is 1. The first kappa shape index (κ1) is 16.4. The van der Waals surface area contributed by atoms with Gasteiger partial charge in [-0.2, -0.15) is 5.10 Å². The van der Waals surface area contributed by atoms with E-state index >= 15 is 0 Å². The van der Waals surface area contributed by atoms with Crippen molar-refractivity contribution in [3.05, 3.63) is 50.2 Å². The quantitative estimate of drug-likeness (QED) is 0.478. The summed E-state index contributed by atoms with van der Waals surface area (Å²) >= 11 is 1.25. The number of hydrogen-bond acceptors (Lipinski definition) is 7. The van der Waals surface area contributed by atoms with Gasteiger partial charge in [0.2, 0.25) is 0 Å². The van der Waals surface area contributed by atoms with Crippen molar-refractivity contribution in [2.45, 2.75) is 6.92 Å². The van der Waals surface area contributed by atoms with Gasteiger partial charge in [0.05, 0.1) is 28.7 Å². The first-order valence-electron chi connectivity index (χ1n) is 6.54. The maximum atomic E-state index is 11.7. The monoisotopic (exact) mass is 335 g/mol. The largest absolute Gasteiger partial charge is 0.504 e. The zero-order chi connectivity index (χ0) is 16.8. The van der Waals surface area contributed by atoms with Gasteiger partial charge in [0, 0.05) is 11.6 Å². The molecule has 1 amide bonds. The van der Waals surface area contributed by atoms with Gasteiger partial charge in [0.25, 0.3) is 11.6 Å². The minimum Gasteiger partial charge on any atom is -0.504 e. The van der Waals surface area contributed by atoms with Crippen LogP contribution in [0, 0.1) is 10.1 Å². The lowest BCUT2D eigenvalue weighted by Crippen LogP contribution is -2.16. The molecule has 1 aromatic heterocycles. The number of nitrogens with one attached hydrogen (secondary N) is 1. The van der Waals surface area contributed by atoms with Crippen LogP contribution in [0.4, 0.5) is 5.69 Å². The molecule has 0 bridgehead atoms. The average Bonchev–Trinajstić information content (AvgIpc) is 3.05. The van der Waals surface area contributed by atoms with Crippen molar-refractivity contribution in [2.75, 3.05) is 6.61 Å². The molecular formula is C14H13N3O5S. The van der Waals surface area contributed by atoms with E-state index in [9.17, 15) is 20.0 Å². The maximum absolute atomic E-state index is 11.7. The summed E-state index contributed by atoms with van der Waals surface area (Å²) in [5.74, 6) is -0.717. The standard InChI is InChI=1S/C14H13N3O5S/c1-2-22-11-7-10(17(20)21)6-9(13(11)18)8-15-16-14(19)12-4-3-5-23-12/h3-8,18H,2H2,1H3,(H,16,19). The lowest BCUT2D eigenvalue weighted by Gasteiger charge is -2.07. The molecule has 8 nitrogen and oxygen atoms in total. The minimum atomic E-state index is -0.608. The molecule has 1 aromatic carbocycles. The molecule has 0 saturated carbocycles. The lowest BCUT2D eigenvalue weighted by atomic mass is 10.1. The van der Waals surface area contributed by atoms with Gasteiger partial charge >= 0.3 is 0 Å². The van der Waals surface area contributed by atoms with Crippen molar-refractivity contribution in [1.29, 1.82) is 0 Å². The van der Waals surface area contributed by atoms with Crippen LogP contribution in [0.25, 0.3) is 0 Å². The number of phenols is 1. The number of non-ortho nitro benzene ring substituents is 1. The maximum Gasteiger partial charge on any atom is 0.281 e. The second-order valence-electron chi connectivity index (χ2n) is 4.25. The van der Waals surface area contributed by atoms with Gasteiger partial charge in [-0.05, 0) is 18.4 Å². The molecule has 2 N–H and O–H groups in total. The molecule has 23 heavy (non-hydrogen) atoms. The molecule has 120 valence electrons. The molecule has 0 saturated heterocycles. The molecule has 0 fully saturated rings. The molecule has 9 heteroatoms. The molecule has 0 spiro atoms. The predicted molar refractivity (Wildman–Crippen MR) is 85.3 cm³/mol. The number of nitro benzene ring substituents is 1. The van der Waals surface area contributed by atoms with E-state index in [4.69, 9.17) is 4.74 Å². The van der Waals surface area contributed by atoms with Gasteiger partial charge in [-0.25, -0.2) is 5.43 Å². The summed E-state index contributed by atoms with van der Waals surface area (Å²) < 4.78 is 5.15. The summed E-state index contributed by atoms with van der Waals surface area (Å²) in [6, 6.07) is 5.62. The molecule has 0 atom stereocenters. The van der Waals surface area contributed by atoms with Crippen molar-refractivity contribution in [1.82, 2.24) is 5.43 Å². The Kier molecular flexibility index (Phi) is 5.26. The van der Waals surface area contributed by atoms with Crippen LogP contribution in [0.15, 0.2) is 34.7 Å². The molecule has 0 aliphatic heterocycles. The number of carbonyl (C=O) groups is 1. The van der Waals surface area contributed by atoms with Gasteiger partial charge in [-0.15, -0.1) is 11.3 Å². The Morgan fingerprint density at radius 1 is 1.57 bits per heavy atom. The van der Waals surface area contributed by atoms with Gasteiger partial charge < -0.3 is 9.84 Å². The highest BCUT2D eigenvalue weighted by atomic mass is 32.1. The second kappa shape index (κ2) is 7.36. The van der Waals surface area contributed by atoms with E-state index in [0.29, 0.717) is 4.88 Å². The van der Waals surface area contributed by atoms with Crippen LogP contribution < -0.4 is 10.2 Å². The average molecular weight is 335 g/mol. The fraction of sp³-hybridized carbons (Fsp3) is 0.143. The zero-order valence-electron chi connectivity index (χ0n) is 12.1. The van der Waals surface area contributed by atoms with Crippen molar-refractivity contribution < 1.29 is 19.6 Å². The number of nitrogens with zero attached hydrogens (tertiary/aromatic N) is 2. The van der Waals surface area contributed by atoms with Gasteiger partial charge in [-0.3, -0.25) is 14.9 Å². The van der Waals surface area contributed by atoms with Crippen molar-refractivity contribution in [3.63, 3.8) is 0 Å². The Labute approximate surface area is 135 Å². The lowest BCUT2D eigenvalue weighted by molar-refractivity contribution is -0.385. The number of phenolic OH excluding ortho intramolecular Hbond substituents is 1. The van der Waals surface area contributed by atoms with E-state index in [2.05, 4.69) is 10.5 Å². The summed E-state index contributed by atoms with van der Waals surface area (Å²) in [4.78, 5) is 22.5. The number of carbonyl (C=O) groups excluding carboxylic acids is 1. The SMILES string of the molecule is CCOc1cc([N+](=O)[O-])cc(C=NNC(=O)c2cccs2)c1O. The number of ether oxygens (including phenoxy) is 1. The fourth-order valence-corrected chi connectivity index (χ4v) is 2.32. The number of rotatable bonds is 6. The highest BCUT2D eigenvalue weighted by molar-refractivity contribution is 7.12. The minimum absolute atomic E-state index is 0.0206. The van der Waals surface area contributed by atoms with Gasteiger partial charge in [-0.1, -0.05) is 6.07 Å². The number of hydrogen-bond donors (Lipinski definition) is 2. The Balaban J connectivity index is 2.22. The summed E-state index contributed by atoms with van der Waals surface area (Å²) in [5, 5.41) is 26.4. The number of hydrazone groups is 1. The third-order valence-electron chi connectivity index (χ3n) is 2.71. The number of nitro groups is 1. The van der Waals surface area contributed by atoms with Gasteiger partial charge in [0.1, 0.15) is 0 Å². The van der Waals surface area contributed by atoms with Crippen LogP contribution in [0.1, 0.15) is 22.2 Å². The normalized spacial score (nSPS) is 10.7. The summed E-state index contributed by atoms with van der Waals surface area (Å²) in [7, 11) is 0. The van der Waals surface area contributed by atoms with Crippen molar-refractivity contribution >= 4 is 29.1 Å². The van der Waals surface area contributed by atoms with E-state index in [1.54, 1.807) is 24.4 Å². The third-order valence-corrected chi connectivity index (χ3v) is 3.58. The van der Waals surface area contributed by atoms with E-state index in [1.807, 2.05) is 0 Å². The van der Waals surface area contributed by atoms with Gasteiger partial charge in [0.15, 0.2) is 11.5 Å². The van der Waals surface area contributed by atoms with Crippen molar-refractivity contribution in [3.8, 4) is 11.5 Å². The Morgan fingerprint density at radius 3 is 2.96 bits per heavy atom. The molecular weight excluding hydrogens is 322 g/mol. The molecule has 0 unspecified atom stereocenters. The van der Waals surface area contributed by atoms with Crippen LogP contribution in [0.3, 0.4) is 0 Å². The predicted octanol–water partition coefficient (Wildman–Crippen LogP) is 2.52. The van der Waals surface area contributed by atoms with Crippen LogP contribution >= 0.6 is 11.3 Å². The van der Waals surface area contributed by atoms with E-state index in [1.165, 1.54) is 11.3 Å². The molecule has 2 aromatic rings. The second-order valence-corrected chi connectivity index (χ2v) is 5.20. The highest BCUT2D eigenvalue weighted by Crippen LogP contribution is 2.33. The van der Waals surface area contributed by atoms with Crippen LogP contribution in [-0.2, 0) is 0 Å². The molecule has 2 rings (SSSR count). The molecule has 0 aliphatic carbocycles. The third kappa shape index (κ3) is 4.04. The number of amides is 1. The van der Waals surface area contributed by atoms with Crippen molar-refractivity contribution in [2.24, 2.45) is 5.10 Å². The van der Waals surface area contributed by atoms with Crippen LogP contribution in [-0.4, -0.2) is 28.8 Å². The summed E-state index contributed by atoms with van der Waals surface area (Å²) in [6.07, 6.45) is 1.12. The molecule has 0 radical (unpaired) electrons. The molecule has 0 aliphatic rings. The van der Waals surface area contributed by atoms with E-state index in [0.717, 1.165) is 18.3 Å². The Morgan fingerprint density at radius 2 is 2.35 bits per heavy atom. The first-order valence-corrected chi connectivity index (χ1v) is 7.42. The fourth-order valence-electron chi connectivity index (χ4n) is 1.71. The zero-order valence-corrected chi connectivity index (χ0v) is 12.9.